The molecule has 3 amide bonds. The van der Waals surface area contributed by atoms with Gasteiger partial charge in [-0.25, -0.2) is 0 Å². The fourth-order valence-corrected chi connectivity index (χ4v) is 8.60. The number of amides is 3. The lowest BCUT2D eigenvalue weighted by Crippen LogP contribution is -2.47. The zero-order chi connectivity index (χ0) is 66.1. The number of anilines is 3. The number of nitrogens with one attached hydrogen (secondary N) is 3. The van der Waals surface area contributed by atoms with Crippen molar-refractivity contribution in [3.05, 3.63) is 191 Å². The number of nitrogens with two attached hydrogens (primary N) is 3. The third-order valence-corrected chi connectivity index (χ3v) is 12.5. The van der Waals surface area contributed by atoms with E-state index in [0.717, 1.165) is 55.4 Å². The van der Waals surface area contributed by atoms with Crippen LogP contribution in [-0.4, -0.2) is 92.7 Å². The fourth-order valence-electron chi connectivity index (χ4n) is 8.60. The van der Waals surface area contributed by atoms with Crippen LogP contribution in [0.5, 0.6) is 23.0 Å². The van der Waals surface area contributed by atoms with Crippen molar-refractivity contribution in [3.63, 3.8) is 0 Å². The summed E-state index contributed by atoms with van der Waals surface area (Å²) >= 11 is 0. The monoisotopic (exact) mass is 1230 g/mol. The molecule has 0 fully saturated rings. The SMILES string of the molecule is C.Cc1cc(N)c2c(OCC(C)(C)NC(=O)c3ccccc3)cccc2n1.Cc1cc(N)c2c(OCC(C)(C)NC(=O)c3ccccc3O)cccc2n1.Cc1ccc(C(=O)NC(C)(C)COc2cccc3nc(C)cc(N)c23)cc1.O=C=O.O=C=O.O=C=O. The summed E-state index contributed by atoms with van der Waals surface area (Å²) in [6, 6.07) is 45.4. The number of phenolic OH excluding ortho intramolecular Hbond substituents is 1. The van der Waals surface area contributed by atoms with Gasteiger partial charge in [-0.15, -0.1) is 0 Å². The summed E-state index contributed by atoms with van der Waals surface area (Å²) in [5.74, 6) is 1.26. The summed E-state index contributed by atoms with van der Waals surface area (Å²) in [6.07, 6.45) is 0.750. The van der Waals surface area contributed by atoms with Crippen LogP contribution in [0.3, 0.4) is 0 Å². The number of aryl methyl sites for hydroxylation is 4. The van der Waals surface area contributed by atoms with Gasteiger partial charge in [-0.1, -0.05) is 73.7 Å². The Kier molecular flexibility index (Phi) is 27.7. The summed E-state index contributed by atoms with van der Waals surface area (Å²) in [5.41, 5.74) is 26.1. The molecular formula is C68H75N9O13. The van der Waals surface area contributed by atoms with Gasteiger partial charge < -0.3 is 52.5 Å². The van der Waals surface area contributed by atoms with Gasteiger partial charge in [0.2, 0.25) is 0 Å². The number of fused-ring (bicyclic) bond motifs is 3. The number of phenols is 1. The van der Waals surface area contributed by atoms with Gasteiger partial charge in [0.25, 0.3) is 17.7 Å². The third kappa shape index (κ3) is 22.2. The van der Waals surface area contributed by atoms with Gasteiger partial charge in [0, 0.05) is 45.3 Å². The Morgan fingerprint density at radius 2 is 0.733 bits per heavy atom. The van der Waals surface area contributed by atoms with Gasteiger partial charge in [0.1, 0.15) is 42.8 Å². The molecule has 0 atom stereocenters. The molecule has 6 aromatic carbocycles. The molecule has 0 aliphatic rings. The smallest absolute Gasteiger partial charge is 0.373 e. The molecule has 0 spiro atoms. The molecule has 0 aliphatic heterocycles. The number of ether oxygens (including phenoxy) is 3. The van der Waals surface area contributed by atoms with Crippen LogP contribution < -0.4 is 47.4 Å². The second-order valence-electron chi connectivity index (χ2n) is 21.9. The minimum absolute atomic E-state index is 0. The highest BCUT2D eigenvalue weighted by Crippen LogP contribution is 2.34. The average Bonchev–Trinajstić information content (AvgIpc) is 1.09. The Labute approximate surface area is 521 Å². The first kappa shape index (κ1) is 73.0. The normalized spacial score (nSPS) is 10.4. The number of carbonyl (C=O) groups excluding carboxylic acids is 9. The molecule has 0 unspecified atom stereocenters. The van der Waals surface area contributed by atoms with Gasteiger partial charge in [-0.2, -0.15) is 28.8 Å². The van der Waals surface area contributed by atoms with E-state index in [1.165, 1.54) is 6.07 Å². The summed E-state index contributed by atoms with van der Waals surface area (Å²) in [6.45, 7) is 19.9. The van der Waals surface area contributed by atoms with E-state index in [4.69, 9.17) is 60.2 Å². The molecule has 9 aromatic rings. The zero-order valence-electron chi connectivity index (χ0n) is 51.0. The summed E-state index contributed by atoms with van der Waals surface area (Å²) in [4.78, 5) is 99.5. The highest BCUT2D eigenvalue weighted by atomic mass is 16.5. The van der Waals surface area contributed by atoms with E-state index in [9.17, 15) is 19.5 Å². The van der Waals surface area contributed by atoms with E-state index in [2.05, 4.69) is 30.9 Å². The topological polar surface area (TPSA) is 354 Å². The Bertz CT molecular complexity index is 3980. The number of benzene rings is 6. The van der Waals surface area contributed by atoms with Crippen molar-refractivity contribution >= 4 is 85.9 Å². The van der Waals surface area contributed by atoms with E-state index in [1.807, 2.05) is 178 Å². The molecule has 3 aromatic heterocycles. The van der Waals surface area contributed by atoms with E-state index in [-0.39, 0.29) is 61.5 Å². The lowest BCUT2D eigenvalue weighted by atomic mass is 10.1. The molecule has 9 rings (SSSR count). The van der Waals surface area contributed by atoms with Gasteiger partial charge >= 0.3 is 18.5 Å². The molecule has 22 nitrogen and oxygen atoms in total. The lowest BCUT2D eigenvalue weighted by Gasteiger charge is -2.27. The van der Waals surface area contributed by atoms with Crippen LogP contribution in [0, 0.1) is 27.7 Å². The number of aromatic hydroxyl groups is 1. The van der Waals surface area contributed by atoms with Crippen LogP contribution in [0.4, 0.5) is 17.1 Å². The van der Waals surface area contributed by atoms with Crippen LogP contribution in [0.15, 0.2) is 152 Å². The average molecular weight is 1230 g/mol. The molecule has 0 bridgehead atoms. The van der Waals surface area contributed by atoms with Crippen LogP contribution >= 0.6 is 0 Å². The predicted molar refractivity (Wildman–Crippen MR) is 341 cm³/mol. The number of nitrogens with zero attached hydrogens (tertiary/aromatic N) is 3. The number of hydrogen-bond acceptors (Lipinski definition) is 19. The van der Waals surface area contributed by atoms with Crippen molar-refractivity contribution < 1.29 is 62.5 Å². The van der Waals surface area contributed by atoms with Crippen LogP contribution in [0.25, 0.3) is 32.7 Å². The second kappa shape index (κ2) is 34.1. The van der Waals surface area contributed by atoms with Crippen molar-refractivity contribution in [2.24, 2.45) is 0 Å². The Balaban J connectivity index is 0.000000328. The summed E-state index contributed by atoms with van der Waals surface area (Å²) < 4.78 is 18.0. The highest BCUT2D eigenvalue weighted by molar-refractivity contribution is 5.99. The quantitative estimate of drug-likeness (QED) is 0.0501. The molecule has 0 aliphatic carbocycles. The first-order valence-corrected chi connectivity index (χ1v) is 27.3. The molecule has 10 N–H and O–H groups in total. The van der Waals surface area contributed by atoms with E-state index in [1.54, 1.807) is 36.4 Å². The van der Waals surface area contributed by atoms with Crippen molar-refractivity contribution in [2.75, 3.05) is 37.0 Å². The minimum Gasteiger partial charge on any atom is -0.507 e. The van der Waals surface area contributed by atoms with Crippen molar-refractivity contribution in [1.29, 1.82) is 0 Å². The standard InChI is InChI=1S/C22H25N3O2.C21H23N3O3.C21H23N3O2.3CO2.CH4/c1-14-8-10-16(11-9-14)21(26)25-22(3,4)13-27-19-7-5-6-18-20(19)17(23)12-15(2)24-18;1-13-11-15(22)19-16(23-13)8-6-10-18(19)27-12-21(2,3)24-20(26)14-7-4-5-9-17(14)25;1-14-12-16(22)19-17(23-14)10-7-11-18(19)26-13-21(2,3)24-20(25)15-8-5-4-6-9-15;3*2-1-3;/h5-12H,13H2,1-4H3,(H2,23,24)(H,25,26);4-11,25H,12H2,1-3H3,(H2,22,23)(H,24,26);4-12H,13H2,1-3H3,(H2,22,23)(H,24,25);;;;1H4. The molecule has 90 heavy (non-hydrogen) atoms. The van der Waals surface area contributed by atoms with Gasteiger partial charge in [0.15, 0.2) is 0 Å². The second-order valence-corrected chi connectivity index (χ2v) is 21.9. The van der Waals surface area contributed by atoms with E-state index >= 15 is 0 Å². The minimum atomic E-state index is -0.672. The predicted octanol–water partition coefficient (Wildman–Crippen LogP) is 10.0. The Morgan fingerprint density at radius 3 is 1.07 bits per heavy atom. The molecular weight excluding hydrogens is 1150 g/mol. The maximum absolute atomic E-state index is 12.5. The van der Waals surface area contributed by atoms with Gasteiger partial charge in [-0.3, -0.25) is 29.3 Å². The first-order chi connectivity index (χ1) is 42.1. The Hall–Kier alpha value is -11.3. The number of hydrogen-bond donors (Lipinski definition) is 7. The van der Waals surface area contributed by atoms with E-state index < -0.39 is 16.6 Å². The third-order valence-electron chi connectivity index (χ3n) is 12.5. The highest BCUT2D eigenvalue weighted by Gasteiger charge is 2.26. The summed E-state index contributed by atoms with van der Waals surface area (Å²) in [5, 5.41) is 21.1. The number of para-hydroxylation sites is 1. The van der Waals surface area contributed by atoms with Crippen LogP contribution in [0.2, 0.25) is 0 Å². The maximum Gasteiger partial charge on any atom is 0.373 e. The van der Waals surface area contributed by atoms with E-state index in [0.29, 0.717) is 58.7 Å². The number of aromatic nitrogens is 3. The number of rotatable bonds is 15. The maximum atomic E-state index is 12.5. The summed E-state index contributed by atoms with van der Waals surface area (Å²) in [7, 11) is 0. The zero-order valence-corrected chi connectivity index (χ0v) is 51.0. The van der Waals surface area contributed by atoms with Crippen LogP contribution in [-0.2, 0) is 28.8 Å². The van der Waals surface area contributed by atoms with Crippen molar-refractivity contribution in [1.82, 2.24) is 30.9 Å². The van der Waals surface area contributed by atoms with Gasteiger partial charge in [0.05, 0.1) is 54.9 Å². The molecule has 3 heterocycles. The number of carbonyl (C=O) groups is 3. The Morgan fingerprint density at radius 1 is 0.433 bits per heavy atom. The van der Waals surface area contributed by atoms with Crippen molar-refractivity contribution in [3.8, 4) is 23.0 Å². The van der Waals surface area contributed by atoms with Gasteiger partial charge in [-0.05, 0) is 160 Å². The molecule has 0 saturated carbocycles. The first-order valence-electron chi connectivity index (χ1n) is 27.3. The fraction of sp³-hybridized carbons (Fsp3) is 0.250. The molecule has 0 radical (unpaired) electrons. The van der Waals surface area contributed by atoms with Crippen LogP contribution in [0.1, 0.15) is 103 Å². The molecule has 22 heteroatoms. The molecule has 0 saturated heterocycles. The molecule has 470 valence electrons. The number of pyridine rings is 3. The largest absolute Gasteiger partial charge is 0.507 e. The number of nitrogen functional groups attached to an aromatic ring is 3. The van der Waals surface area contributed by atoms with Crippen molar-refractivity contribution in [2.45, 2.75) is 93.3 Å². The lowest BCUT2D eigenvalue weighted by molar-refractivity contribution is -0.193.